The average Bonchev–Trinajstić information content (AvgIpc) is 3.07. The van der Waals surface area contributed by atoms with Crippen LogP contribution in [0, 0.1) is 0 Å². The first-order valence-electron chi connectivity index (χ1n) is 8.86. The monoisotopic (exact) mass is 353 g/mol. The van der Waals surface area contributed by atoms with Crippen molar-refractivity contribution in [2.24, 2.45) is 0 Å². The Morgan fingerprint density at radius 2 is 1.84 bits per heavy atom. The Hall–Kier alpha value is -2.11. The lowest BCUT2D eigenvalue weighted by Gasteiger charge is -2.34. The minimum atomic E-state index is 0.695. The van der Waals surface area contributed by atoms with Crippen LogP contribution in [0.3, 0.4) is 0 Å². The molecule has 130 valence electrons. The number of benzene rings is 2. The van der Waals surface area contributed by atoms with Crippen molar-refractivity contribution < 1.29 is 4.74 Å². The van der Waals surface area contributed by atoms with Crippen molar-refractivity contribution in [2.75, 3.05) is 37.7 Å². The number of hydrogen-bond acceptors (Lipinski definition) is 5. The molecule has 0 spiro atoms. The van der Waals surface area contributed by atoms with Crippen molar-refractivity contribution in [1.29, 1.82) is 0 Å². The highest BCUT2D eigenvalue weighted by Crippen LogP contribution is 2.32. The SMILES string of the molecule is CCOc1ccc2nc(N3CCN(Cc4ccccc4)CC3)sc2c1. The van der Waals surface area contributed by atoms with Crippen molar-refractivity contribution in [3.8, 4) is 5.75 Å². The van der Waals surface area contributed by atoms with E-state index >= 15 is 0 Å². The zero-order valence-corrected chi connectivity index (χ0v) is 15.3. The topological polar surface area (TPSA) is 28.6 Å². The van der Waals surface area contributed by atoms with Crippen LogP contribution in [0.15, 0.2) is 48.5 Å². The van der Waals surface area contributed by atoms with Crippen LogP contribution in [0.25, 0.3) is 10.2 Å². The van der Waals surface area contributed by atoms with E-state index in [0.717, 1.165) is 49.1 Å². The lowest BCUT2D eigenvalue weighted by atomic mass is 10.2. The molecule has 3 aromatic rings. The van der Waals surface area contributed by atoms with E-state index in [1.807, 2.05) is 13.0 Å². The molecule has 1 aliphatic heterocycles. The number of piperazine rings is 1. The summed E-state index contributed by atoms with van der Waals surface area (Å²) < 4.78 is 6.80. The molecule has 0 aliphatic carbocycles. The predicted octanol–water partition coefficient (Wildman–Crippen LogP) is 4.02. The molecule has 0 atom stereocenters. The van der Waals surface area contributed by atoms with Crippen molar-refractivity contribution in [1.82, 2.24) is 9.88 Å². The first-order chi connectivity index (χ1) is 12.3. The average molecular weight is 353 g/mol. The summed E-state index contributed by atoms with van der Waals surface area (Å²) in [6.07, 6.45) is 0. The van der Waals surface area contributed by atoms with Crippen LogP contribution in [-0.2, 0) is 6.54 Å². The summed E-state index contributed by atoms with van der Waals surface area (Å²) in [7, 11) is 0. The van der Waals surface area contributed by atoms with E-state index in [9.17, 15) is 0 Å². The van der Waals surface area contributed by atoms with E-state index in [2.05, 4.69) is 52.3 Å². The van der Waals surface area contributed by atoms with Gasteiger partial charge in [-0.1, -0.05) is 41.7 Å². The Kier molecular flexibility index (Phi) is 4.85. The Morgan fingerprint density at radius 1 is 1.04 bits per heavy atom. The number of rotatable bonds is 5. The lowest BCUT2D eigenvalue weighted by molar-refractivity contribution is 0.250. The number of fused-ring (bicyclic) bond motifs is 1. The lowest BCUT2D eigenvalue weighted by Crippen LogP contribution is -2.45. The number of nitrogens with zero attached hydrogens (tertiary/aromatic N) is 3. The van der Waals surface area contributed by atoms with Crippen molar-refractivity contribution in [3.63, 3.8) is 0 Å². The second-order valence-electron chi connectivity index (χ2n) is 6.31. The Balaban J connectivity index is 1.41. The van der Waals surface area contributed by atoms with Gasteiger partial charge in [-0.2, -0.15) is 0 Å². The van der Waals surface area contributed by atoms with Gasteiger partial charge in [-0.05, 0) is 30.7 Å². The zero-order valence-electron chi connectivity index (χ0n) is 14.5. The highest BCUT2D eigenvalue weighted by Gasteiger charge is 2.20. The van der Waals surface area contributed by atoms with Gasteiger partial charge in [0.1, 0.15) is 5.75 Å². The van der Waals surface area contributed by atoms with Crippen molar-refractivity contribution >= 4 is 26.7 Å². The van der Waals surface area contributed by atoms with Crippen LogP contribution < -0.4 is 9.64 Å². The van der Waals surface area contributed by atoms with Crippen molar-refractivity contribution in [2.45, 2.75) is 13.5 Å². The summed E-state index contributed by atoms with van der Waals surface area (Å²) in [5.74, 6) is 0.929. The second-order valence-corrected chi connectivity index (χ2v) is 7.32. The predicted molar refractivity (Wildman–Crippen MR) is 105 cm³/mol. The molecule has 1 saturated heterocycles. The van der Waals surface area contributed by atoms with Gasteiger partial charge in [-0.15, -0.1) is 0 Å². The molecule has 2 aromatic carbocycles. The highest BCUT2D eigenvalue weighted by molar-refractivity contribution is 7.22. The second kappa shape index (κ2) is 7.42. The fourth-order valence-corrected chi connectivity index (χ4v) is 4.27. The maximum Gasteiger partial charge on any atom is 0.186 e. The van der Waals surface area contributed by atoms with Crippen LogP contribution in [0.5, 0.6) is 5.75 Å². The molecular formula is C20H23N3OS. The van der Waals surface area contributed by atoms with E-state index < -0.39 is 0 Å². The van der Waals surface area contributed by atoms with Gasteiger partial charge < -0.3 is 9.64 Å². The molecule has 2 heterocycles. The third-order valence-electron chi connectivity index (χ3n) is 4.55. The van der Waals surface area contributed by atoms with Crippen LogP contribution in [0.4, 0.5) is 5.13 Å². The van der Waals surface area contributed by atoms with E-state index in [0.29, 0.717) is 6.61 Å². The molecule has 1 aromatic heterocycles. The van der Waals surface area contributed by atoms with Gasteiger partial charge in [0.15, 0.2) is 5.13 Å². The molecule has 1 fully saturated rings. The Morgan fingerprint density at radius 3 is 2.60 bits per heavy atom. The molecule has 1 aliphatic rings. The van der Waals surface area contributed by atoms with E-state index in [-0.39, 0.29) is 0 Å². The number of aromatic nitrogens is 1. The van der Waals surface area contributed by atoms with Crippen LogP contribution in [-0.4, -0.2) is 42.7 Å². The minimum absolute atomic E-state index is 0.695. The molecule has 0 N–H and O–H groups in total. The van der Waals surface area contributed by atoms with Gasteiger partial charge in [0.25, 0.3) is 0 Å². The molecule has 0 radical (unpaired) electrons. The summed E-state index contributed by atoms with van der Waals surface area (Å²) in [4.78, 5) is 9.75. The van der Waals surface area contributed by atoms with Gasteiger partial charge in [0.2, 0.25) is 0 Å². The molecule has 25 heavy (non-hydrogen) atoms. The first kappa shape index (κ1) is 16.4. The molecule has 0 amide bonds. The Bertz CT molecular complexity index is 825. The van der Waals surface area contributed by atoms with Gasteiger partial charge in [-0.3, -0.25) is 4.90 Å². The van der Waals surface area contributed by atoms with Gasteiger partial charge in [-0.25, -0.2) is 4.98 Å². The molecule has 0 saturated carbocycles. The smallest absolute Gasteiger partial charge is 0.186 e. The fourth-order valence-electron chi connectivity index (χ4n) is 3.22. The quantitative estimate of drug-likeness (QED) is 0.693. The molecule has 4 nitrogen and oxygen atoms in total. The number of ether oxygens (including phenoxy) is 1. The molecular weight excluding hydrogens is 330 g/mol. The molecule has 0 bridgehead atoms. The zero-order chi connectivity index (χ0) is 17.1. The van der Waals surface area contributed by atoms with E-state index in [1.54, 1.807) is 11.3 Å². The highest BCUT2D eigenvalue weighted by atomic mass is 32.1. The molecule has 5 heteroatoms. The first-order valence-corrected chi connectivity index (χ1v) is 9.68. The van der Waals surface area contributed by atoms with E-state index in [4.69, 9.17) is 9.72 Å². The number of anilines is 1. The molecule has 4 rings (SSSR count). The Labute approximate surface area is 152 Å². The van der Waals surface area contributed by atoms with Gasteiger partial charge >= 0.3 is 0 Å². The minimum Gasteiger partial charge on any atom is -0.494 e. The maximum absolute atomic E-state index is 5.60. The summed E-state index contributed by atoms with van der Waals surface area (Å²) in [5, 5.41) is 1.13. The third-order valence-corrected chi connectivity index (χ3v) is 5.63. The van der Waals surface area contributed by atoms with Crippen LogP contribution >= 0.6 is 11.3 Å². The summed E-state index contributed by atoms with van der Waals surface area (Å²) in [6, 6.07) is 16.9. The number of thiazole rings is 1. The summed E-state index contributed by atoms with van der Waals surface area (Å²) >= 11 is 1.77. The fraction of sp³-hybridized carbons (Fsp3) is 0.350. The largest absolute Gasteiger partial charge is 0.494 e. The van der Waals surface area contributed by atoms with Gasteiger partial charge in [0, 0.05) is 32.7 Å². The van der Waals surface area contributed by atoms with Crippen molar-refractivity contribution in [3.05, 3.63) is 54.1 Å². The standard InChI is InChI=1S/C20H23N3OS/c1-2-24-17-8-9-18-19(14-17)25-20(21-18)23-12-10-22(11-13-23)15-16-6-4-3-5-7-16/h3-9,14H,2,10-13,15H2,1H3. The van der Waals surface area contributed by atoms with E-state index in [1.165, 1.54) is 10.3 Å². The summed E-state index contributed by atoms with van der Waals surface area (Å²) in [6.45, 7) is 7.96. The van der Waals surface area contributed by atoms with Crippen LogP contribution in [0.1, 0.15) is 12.5 Å². The maximum atomic E-state index is 5.60. The summed E-state index contributed by atoms with van der Waals surface area (Å²) in [5.41, 5.74) is 2.45. The van der Waals surface area contributed by atoms with Crippen LogP contribution in [0.2, 0.25) is 0 Å². The number of hydrogen-bond donors (Lipinski definition) is 0. The third kappa shape index (κ3) is 3.78. The van der Waals surface area contributed by atoms with Gasteiger partial charge in [0.05, 0.1) is 16.8 Å². The normalized spacial score (nSPS) is 15.6. The molecule has 0 unspecified atom stereocenters.